The molecule has 0 atom stereocenters. The molecule has 2 aromatic carbocycles. The van der Waals surface area contributed by atoms with Gasteiger partial charge in [-0.05, 0) is 72.1 Å². The van der Waals surface area contributed by atoms with E-state index in [0.29, 0.717) is 36.2 Å². The number of hydrogen-bond donors (Lipinski definition) is 0. The molecule has 0 aliphatic carbocycles. The van der Waals surface area contributed by atoms with Crippen LogP contribution in [-0.4, -0.2) is 46.5 Å². The first kappa shape index (κ1) is 19.4. The summed E-state index contributed by atoms with van der Waals surface area (Å²) < 4.78 is 0. The summed E-state index contributed by atoms with van der Waals surface area (Å²) >= 11 is 14.1. The summed E-state index contributed by atoms with van der Waals surface area (Å²) in [5.41, 5.74) is 0. The monoisotopic (exact) mass is 426 g/mol. The highest BCUT2D eigenvalue weighted by Gasteiger charge is 2.25. The lowest BCUT2D eigenvalue weighted by Gasteiger charge is -2.34. The van der Waals surface area contributed by atoms with Gasteiger partial charge in [0.25, 0.3) is 10.5 Å². The van der Waals surface area contributed by atoms with E-state index in [1.807, 2.05) is 24.3 Å². The third-order valence-electron chi connectivity index (χ3n) is 3.83. The average molecular weight is 427 g/mol. The van der Waals surface area contributed by atoms with Crippen LogP contribution in [0.2, 0.25) is 10.0 Å². The van der Waals surface area contributed by atoms with Crippen LogP contribution >= 0.6 is 46.7 Å². The van der Waals surface area contributed by atoms with E-state index in [0.717, 1.165) is 9.79 Å². The molecule has 1 saturated heterocycles. The Morgan fingerprint density at radius 2 is 0.962 bits per heavy atom. The molecule has 0 spiro atoms. The Morgan fingerprint density at radius 1 is 0.654 bits per heavy atom. The fraction of sp³-hybridized carbons (Fsp3) is 0.222. The van der Waals surface area contributed by atoms with Gasteiger partial charge in [0.2, 0.25) is 0 Å². The molecule has 1 aliphatic heterocycles. The van der Waals surface area contributed by atoms with Gasteiger partial charge in [-0.25, -0.2) is 0 Å². The third-order valence-corrected chi connectivity index (χ3v) is 6.22. The smallest absolute Gasteiger partial charge is 0.286 e. The second-order valence-electron chi connectivity index (χ2n) is 5.62. The topological polar surface area (TPSA) is 40.6 Å². The van der Waals surface area contributed by atoms with E-state index in [2.05, 4.69) is 0 Å². The molecule has 3 rings (SSSR count). The number of piperazine rings is 1. The predicted molar refractivity (Wildman–Crippen MR) is 109 cm³/mol. The fourth-order valence-corrected chi connectivity index (χ4v) is 4.23. The highest BCUT2D eigenvalue weighted by Crippen LogP contribution is 2.26. The summed E-state index contributed by atoms with van der Waals surface area (Å²) in [6, 6.07) is 14.4. The van der Waals surface area contributed by atoms with Crippen LogP contribution in [0.3, 0.4) is 0 Å². The van der Waals surface area contributed by atoms with Crippen molar-refractivity contribution in [3.05, 3.63) is 58.6 Å². The molecule has 0 unspecified atom stereocenters. The lowest BCUT2D eigenvalue weighted by Crippen LogP contribution is -2.48. The summed E-state index contributed by atoms with van der Waals surface area (Å²) in [5.74, 6) is 0. The maximum Gasteiger partial charge on any atom is 0.286 e. The number of amides is 2. The molecule has 1 heterocycles. The number of rotatable bonds is 2. The molecule has 2 amide bonds. The van der Waals surface area contributed by atoms with Gasteiger partial charge in [0.05, 0.1) is 0 Å². The Bertz CT molecular complexity index is 709. The SMILES string of the molecule is O=C(Sc1ccc(Cl)cc1)N1CCN(C(=O)Sc2ccc(Cl)cc2)CC1. The van der Waals surface area contributed by atoms with Gasteiger partial charge in [0.1, 0.15) is 0 Å². The number of carbonyl (C=O) groups excluding carboxylic acids is 2. The van der Waals surface area contributed by atoms with E-state index in [9.17, 15) is 9.59 Å². The third kappa shape index (κ3) is 5.33. The number of benzene rings is 2. The van der Waals surface area contributed by atoms with Crippen LogP contribution in [0.25, 0.3) is 0 Å². The summed E-state index contributed by atoms with van der Waals surface area (Å²) in [6.45, 7) is 2.14. The maximum absolute atomic E-state index is 12.4. The highest BCUT2D eigenvalue weighted by molar-refractivity contribution is 8.13. The molecule has 0 radical (unpaired) electrons. The molecule has 26 heavy (non-hydrogen) atoms. The molecule has 0 bridgehead atoms. The zero-order chi connectivity index (χ0) is 18.5. The standard InChI is InChI=1S/C18H16Cl2N2O2S2/c19-13-1-5-15(6-2-13)25-17(23)21-9-11-22(12-10-21)18(24)26-16-7-3-14(20)4-8-16/h1-8H,9-12H2. The van der Waals surface area contributed by atoms with E-state index in [1.165, 1.54) is 23.5 Å². The van der Waals surface area contributed by atoms with Crippen molar-refractivity contribution < 1.29 is 9.59 Å². The lowest BCUT2D eigenvalue weighted by molar-refractivity contribution is 0.168. The summed E-state index contributed by atoms with van der Waals surface area (Å²) in [4.78, 5) is 30.0. The average Bonchev–Trinajstić information content (AvgIpc) is 2.65. The largest absolute Gasteiger partial charge is 0.330 e. The van der Waals surface area contributed by atoms with Gasteiger partial charge in [-0.2, -0.15) is 0 Å². The molecular formula is C18H16Cl2N2O2S2. The highest BCUT2D eigenvalue weighted by atomic mass is 35.5. The molecular weight excluding hydrogens is 411 g/mol. The van der Waals surface area contributed by atoms with Gasteiger partial charge in [-0.1, -0.05) is 23.2 Å². The van der Waals surface area contributed by atoms with Crippen LogP contribution in [-0.2, 0) is 0 Å². The zero-order valence-electron chi connectivity index (χ0n) is 13.7. The first-order valence-electron chi connectivity index (χ1n) is 7.96. The van der Waals surface area contributed by atoms with Crippen LogP contribution < -0.4 is 0 Å². The van der Waals surface area contributed by atoms with Crippen molar-refractivity contribution in [2.24, 2.45) is 0 Å². The van der Waals surface area contributed by atoms with Crippen molar-refractivity contribution in [2.45, 2.75) is 9.79 Å². The molecule has 0 saturated carbocycles. The summed E-state index contributed by atoms with van der Waals surface area (Å²) in [5, 5.41) is 1.27. The van der Waals surface area contributed by atoms with Gasteiger partial charge in [-0.3, -0.25) is 9.59 Å². The number of thioether (sulfide) groups is 2. The summed E-state index contributed by atoms with van der Waals surface area (Å²) in [7, 11) is 0. The van der Waals surface area contributed by atoms with E-state index in [4.69, 9.17) is 23.2 Å². The quantitative estimate of drug-likeness (QED) is 0.574. The van der Waals surface area contributed by atoms with Crippen LogP contribution in [0.1, 0.15) is 0 Å². The van der Waals surface area contributed by atoms with E-state index in [-0.39, 0.29) is 10.5 Å². The van der Waals surface area contributed by atoms with E-state index >= 15 is 0 Å². The minimum absolute atomic E-state index is 0.00947. The minimum atomic E-state index is -0.00947. The molecule has 0 N–H and O–H groups in total. The number of hydrogen-bond acceptors (Lipinski definition) is 4. The number of nitrogens with zero attached hydrogens (tertiary/aromatic N) is 2. The Morgan fingerprint density at radius 3 is 1.27 bits per heavy atom. The van der Waals surface area contributed by atoms with Gasteiger partial charge >= 0.3 is 0 Å². The van der Waals surface area contributed by atoms with Gasteiger partial charge in [0.15, 0.2) is 0 Å². The first-order valence-corrected chi connectivity index (χ1v) is 10.3. The van der Waals surface area contributed by atoms with Crippen molar-refractivity contribution in [2.75, 3.05) is 26.2 Å². The van der Waals surface area contributed by atoms with Gasteiger partial charge < -0.3 is 9.80 Å². The van der Waals surface area contributed by atoms with Crippen molar-refractivity contribution in [3.63, 3.8) is 0 Å². The van der Waals surface area contributed by atoms with Crippen LogP contribution in [0.5, 0.6) is 0 Å². The van der Waals surface area contributed by atoms with Crippen LogP contribution in [0.15, 0.2) is 58.3 Å². The van der Waals surface area contributed by atoms with Gasteiger partial charge in [-0.15, -0.1) is 0 Å². The second kappa shape index (κ2) is 9.04. The van der Waals surface area contributed by atoms with Crippen molar-refractivity contribution in [1.29, 1.82) is 0 Å². The Kier molecular flexibility index (Phi) is 6.75. The molecule has 8 heteroatoms. The van der Waals surface area contributed by atoms with Crippen LogP contribution in [0, 0.1) is 0 Å². The van der Waals surface area contributed by atoms with Crippen molar-refractivity contribution in [3.8, 4) is 0 Å². The zero-order valence-corrected chi connectivity index (χ0v) is 16.9. The van der Waals surface area contributed by atoms with Crippen molar-refractivity contribution >= 4 is 57.2 Å². The Labute approximate surface area is 170 Å². The van der Waals surface area contributed by atoms with E-state index < -0.39 is 0 Å². The summed E-state index contributed by atoms with van der Waals surface area (Å²) in [6.07, 6.45) is 0. The fourth-order valence-electron chi connectivity index (χ4n) is 2.41. The van der Waals surface area contributed by atoms with Crippen molar-refractivity contribution in [1.82, 2.24) is 9.80 Å². The Hall–Kier alpha value is -1.34. The molecule has 1 aliphatic rings. The second-order valence-corrected chi connectivity index (χ2v) is 8.54. The predicted octanol–water partition coefficient (Wildman–Crippen LogP) is 5.74. The Balaban J connectivity index is 1.48. The first-order chi connectivity index (χ1) is 12.5. The lowest BCUT2D eigenvalue weighted by atomic mass is 10.3. The molecule has 2 aromatic rings. The number of halogens is 2. The molecule has 1 fully saturated rings. The molecule has 4 nitrogen and oxygen atoms in total. The van der Waals surface area contributed by atoms with E-state index in [1.54, 1.807) is 34.1 Å². The molecule has 136 valence electrons. The van der Waals surface area contributed by atoms with Crippen LogP contribution in [0.4, 0.5) is 9.59 Å². The number of carbonyl (C=O) groups is 2. The van der Waals surface area contributed by atoms with Gasteiger partial charge in [0, 0.05) is 46.0 Å². The molecule has 0 aromatic heterocycles. The minimum Gasteiger partial charge on any atom is -0.330 e. The maximum atomic E-state index is 12.4. The normalized spacial score (nSPS) is 14.4.